The molecule has 1 aliphatic carbocycles. The molecule has 3 fully saturated rings. The van der Waals surface area contributed by atoms with Gasteiger partial charge in [-0.05, 0) is 67.2 Å². The first-order chi connectivity index (χ1) is 23.0. The third-order valence-electron chi connectivity index (χ3n) is 9.89. The summed E-state index contributed by atoms with van der Waals surface area (Å²) < 4.78 is 13.3. The number of carbonyl (C=O) groups excluding carboxylic acids is 6. The van der Waals surface area contributed by atoms with Crippen molar-refractivity contribution >= 4 is 41.1 Å². The number of ketones is 1. The molecule has 3 aliphatic rings. The van der Waals surface area contributed by atoms with Crippen LogP contribution >= 0.6 is 0 Å². The number of rotatable bonds is 12. The van der Waals surface area contributed by atoms with Crippen molar-refractivity contribution in [2.24, 2.45) is 28.9 Å². The summed E-state index contributed by atoms with van der Waals surface area (Å²) in [5.41, 5.74) is 5.37. The van der Waals surface area contributed by atoms with Crippen LogP contribution in [0.1, 0.15) is 67.2 Å². The summed E-state index contributed by atoms with van der Waals surface area (Å²) in [6.45, 7) is 13.2. The van der Waals surface area contributed by atoms with Crippen LogP contribution in [0.15, 0.2) is 24.3 Å². The highest BCUT2D eigenvalue weighted by Gasteiger charge is 2.46. The van der Waals surface area contributed by atoms with Crippen LogP contribution in [0.3, 0.4) is 0 Å². The summed E-state index contributed by atoms with van der Waals surface area (Å²) in [7, 11) is 0. The molecule has 6 amide bonds. The second-order valence-electron chi connectivity index (χ2n) is 15.1. The van der Waals surface area contributed by atoms with Gasteiger partial charge in [-0.25, -0.2) is 9.18 Å². The SMILES string of the molecule is CC(C)[C@@H]1C[C@@H](C(=O)NC(CC2CC2)C(=O)C(N)=O)N(C(=O)[C@@H](NC(=O)N[C@@H](C)C(=O)N2CCN(c3ccc(F)cc3)CC2)C(C)(C)C)C1. The van der Waals surface area contributed by atoms with Gasteiger partial charge in [0.15, 0.2) is 0 Å². The lowest BCUT2D eigenvalue weighted by Crippen LogP contribution is -2.61. The number of nitrogens with two attached hydrogens (primary N) is 1. The number of carbonyl (C=O) groups is 6. The zero-order valence-electron chi connectivity index (χ0n) is 29.5. The highest BCUT2D eigenvalue weighted by Crippen LogP contribution is 2.35. The first-order valence-corrected chi connectivity index (χ1v) is 17.3. The predicted octanol–water partition coefficient (Wildman–Crippen LogP) is 1.79. The van der Waals surface area contributed by atoms with E-state index in [2.05, 4.69) is 20.9 Å². The maximum atomic E-state index is 14.2. The summed E-state index contributed by atoms with van der Waals surface area (Å²) in [4.78, 5) is 83.9. The lowest BCUT2D eigenvalue weighted by molar-refractivity contribution is -0.143. The number of primary amides is 1. The zero-order valence-corrected chi connectivity index (χ0v) is 29.5. The minimum absolute atomic E-state index is 0.0102. The first kappa shape index (κ1) is 37.6. The highest BCUT2D eigenvalue weighted by atomic mass is 19.1. The van der Waals surface area contributed by atoms with Gasteiger partial charge in [0, 0.05) is 38.4 Å². The fraction of sp³-hybridized carbons (Fsp3) is 0.657. The normalized spacial score (nSPS) is 21.5. The van der Waals surface area contributed by atoms with Crippen LogP contribution in [-0.4, -0.2) is 102 Å². The molecule has 1 aromatic carbocycles. The van der Waals surface area contributed by atoms with Crippen molar-refractivity contribution in [3.8, 4) is 0 Å². The van der Waals surface area contributed by atoms with E-state index in [9.17, 15) is 33.2 Å². The Kier molecular flexibility index (Phi) is 11.9. The molecular formula is C35H52FN7O6. The molecule has 4 rings (SSSR count). The molecule has 1 saturated carbocycles. The fourth-order valence-corrected chi connectivity index (χ4v) is 6.56. The Hall–Kier alpha value is -4.23. The molecule has 1 unspecified atom stereocenters. The number of piperazine rings is 1. The van der Waals surface area contributed by atoms with Crippen LogP contribution in [0.2, 0.25) is 0 Å². The minimum Gasteiger partial charge on any atom is -0.368 e. The average molecular weight is 686 g/mol. The number of nitrogens with one attached hydrogen (secondary N) is 3. The topological polar surface area (TPSA) is 174 Å². The molecule has 5 N–H and O–H groups in total. The van der Waals surface area contributed by atoms with E-state index < -0.39 is 59.1 Å². The van der Waals surface area contributed by atoms with Gasteiger partial charge >= 0.3 is 6.03 Å². The molecule has 2 saturated heterocycles. The van der Waals surface area contributed by atoms with Crippen molar-refractivity contribution in [1.82, 2.24) is 25.8 Å². The molecule has 1 aromatic rings. The van der Waals surface area contributed by atoms with E-state index in [4.69, 9.17) is 5.73 Å². The summed E-state index contributed by atoms with van der Waals surface area (Å²) in [6, 6.07) is 1.60. The molecular weight excluding hydrogens is 633 g/mol. The van der Waals surface area contributed by atoms with E-state index in [-0.39, 0.29) is 36.0 Å². The maximum Gasteiger partial charge on any atom is 0.316 e. The number of amides is 6. The summed E-state index contributed by atoms with van der Waals surface area (Å²) in [5, 5.41) is 8.16. The van der Waals surface area contributed by atoms with Crippen LogP contribution in [-0.2, 0) is 24.0 Å². The van der Waals surface area contributed by atoms with Gasteiger partial charge < -0.3 is 36.4 Å². The van der Waals surface area contributed by atoms with Crippen LogP contribution in [0, 0.1) is 29.0 Å². The lowest BCUT2D eigenvalue weighted by Gasteiger charge is -2.38. The molecule has 49 heavy (non-hydrogen) atoms. The van der Waals surface area contributed by atoms with Crippen LogP contribution in [0.25, 0.3) is 0 Å². The second kappa shape index (κ2) is 15.5. The molecule has 0 bridgehead atoms. The van der Waals surface area contributed by atoms with Crippen LogP contribution < -0.4 is 26.6 Å². The Bertz CT molecular complexity index is 1400. The maximum absolute atomic E-state index is 14.2. The molecule has 0 radical (unpaired) electrons. The molecule has 13 nitrogen and oxygen atoms in total. The number of likely N-dealkylation sites (tertiary alicyclic amines) is 1. The van der Waals surface area contributed by atoms with Gasteiger partial charge in [-0.15, -0.1) is 0 Å². The largest absolute Gasteiger partial charge is 0.368 e. The molecule has 14 heteroatoms. The molecule has 0 aromatic heterocycles. The van der Waals surface area contributed by atoms with Crippen molar-refractivity contribution in [1.29, 1.82) is 0 Å². The van der Waals surface area contributed by atoms with E-state index >= 15 is 0 Å². The van der Waals surface area contributed by atoms with E-state index in [0.29, 0.717) is 39.0 Å². The number of Topliss-reactive ketones (excluding diaryl/α,β-unsaturated/α-hetero) is 1. The van der Waals surface area contributed by atoms with Gasteiger partial charge in [0.05, 0.1) is 6.04 Å². The van der Waals surface area contributed by atoms with Gasteiger partial charge in [-0.3, -0.25) is 24.0 Å². The molecule has 2 heterocycles. The van der Waals surface area contributed by atoms with Crippen molar-refractivity contribution in [3.63, 3.8) is 0 Å². The summed E-state index contributed by atoms with van der Waals surface area (Å²) in [6.07, 6.45) is 2.48. The number of anilines is 1. The average Bonchev–Trinajstić information content (AvgIpc) is 3.74. The number of benzene rings is 1. The van der Waals surface area contributed by atoms with Gasteiger partial charge in [-0.2, -0.15) is 0 Å². The predicted molar refractivity (Wildman–Crippen MR) is 181 cm³/mol. The van der Waals surface area contributed by atoms with Crippen molar-refractivity contribution in [3.05, 3.63) is 30.1 Å². The minimum atomic E-state index is -1.12. The quantitative estimate of drug-likeness (QED) is 0.243. The third kappa shape index (κ3) is 9.69. The van der Waals surface area contributed by atoms with Crippen molar-refractivity contribution in [2.45, 2.75) is 91.4 Å². The summed E-state index contributed by atoms with van der Waals surface area (Å²) in [5.74, 6) is -3.19. The monoisotopic (exact) mass is 685 g/mol. The Morgan fingerprint density at radius 2 is 1.51 bits per heavy atom. The summed E-state index contributed by atoms with van der Waals surface area (Å²) >= 11 is 0. The van der Waals surface area contributed by atoms with Gasteiger partial charge in [0.25, 0.3) is 5.91 Å². The Balaban J connectivity index is 1.40. The Morgan fingerprint density at radius 1 is 0.898 bits per heavy atom. The Labute approximate surface area is 287 Å². The molecule has 270 valence electrons. The smallest absolute Gasteiger partial charge is 0.316 e. The van der Waals surface area contributed by atoms with Gasteiger partial charge in [0.1, 0.15) is 23.9 Å². The number of halogens is 1. The van der Waals surface area contributed by atoms with E-state index in [0.717, 1.165) is 18.5 Å². The van der Waals surface area contributed by atoms with E-state index in [1.54, 1.807) is 44.7 Å². The number of urea groups is 1. The van der Waals surface area contributed by atoms with E-state index in [1.165, 1.54) is 17.0 Å². The molecule has 0 spiro atoms. The number of hydrogen-bond donors (Lipinski definition) is 4. The first-order valence-electron chi connectivity index (χ1n) is 17.3. The van der Waals surface area contributed by atoms with Crippen molar-refractivity contribution < 1.29 is 33.2 Å². The number of nitrogens with zero attached hydrogens (tertiary/aromatic N) is 3. The Morgan fingerprint density at radius 3 is 2.04 bits per heavy atom. The lowest BCUT2D eigenvalue weighted by atomic mass is 9.85. The van der Waals surface area contributed by atoms with Gasteiger partial charge in [0.2, 0.25) is 23.5 Å². The standard InChI is InChI=1S/C35H52FN7O6/c1-20(2)23-18-27(31(46)39-26(17-22-7-8-22)28(44)30(37)45)43(19-23)33(48)29(35(4,5)6)40-34(49)38-21(3)32(47)42-15-13-41(14-16-42)25-11-9-24(36)10-12-25/h9-12,20-23,26-27,29H,7-8,13-19H2,1-6H3,(H2,37,45)(H,39,46)(H2,38,40,49)/t21-,23+,26?,27-,29+/m0/s1. The molecule has 2 aliphatic heterocycles. The highest BCUT2D eigenvalue weighted by molar-refractivity contribution is 6.37. The fourth-order valence-electron chi connectivity index (χ4n) is 6.56. The van der Waals surface area contributed by atoms with Crippen LogP contribution in [0.5, 0.6) is 0 Å². The number of hydrogen-bond acceptors (Lipinski definition) is 7. The van der Waals surface area contributed by atoms with E-state index in [1.807, 2.05) is 13.8 Å². The third-order valence-corrected chi connectivity index (χ3v) is 9.89. The van der Waals surface area contributed by atoms with Crippen LogP contribution in [0.4, 0.5) is 14.9 Å². The zero-order chi connectivity index (χ0) is 36.2. The van der Waals surface area contributed by atoms with Gasteiger partial charge in [-0.1, -0.05) is 47.5 Å². The van der Waals surface area contributed by atoms with Crippen molar-refractivity contribution in [2.75, 3.05) is 37.6 Å². The second-order valence-corrected chi connectivity index (χ2v) is 15.1. The molecule has 5 atom stereocenters.